The van der Waals surface area contributed by atoms with Gasteiger partial charge in [-0.2, -0.15) is 0 Å². The zero-order chi connectivity index (χ0) is 33.0. The SMILES string of the molecule is CC(C)CCCCCCC(=O)N[C@@H](Cc1ccccc1)C(=O)C[C@@H](CCCCN)C(=O)Nc1ccc(COC(=O)C(C)C)cc1. The van der Waals surface area contributed by atoms with E-state index in [2.05, 4.69) is 24.5 Å². The highest BCUT2D eigenvalue weighted by Crippen LogP contribution is 2.20. The fourth-order valence-electron chi connectivity index (χ4n) is 5.05. The molecule has 0 heterocycles. The molecule has 0 aliphatic carbocycles. The van der Waals surface area contributed by atoms with Crippen molar-refractivity contribution in [2.45, 2.75) is 111 Å². The van der Waals surface area contributed by atoms with Crippen LogP contribution in [0.2, 0.25) is 0 Å². The van der Waals surface area contributed by atoms with Crippen molar-refractivity contribution in [1.29, 1.82) is 0 Å². The molecule has 0 fully saturated rings. The van der Waals surface area contributed by atoms with Gasteiger partial charge in [0.25, 0.3) is 0 Å². The van der Waals surface area contributed by atoms with Crippen LogP contribution in [0.25, 0.3) is 0 Å². The lowest BCUT2D eigenvalue weighted by Crippen LogP contribution is -2.43. The molecule has 0 aromatic heterocycles. The van der Waals surface area contributed by atoms with Crippen LogP contribution >= 0.6 is 0 Å². The van der Waals surface area contributed by atoms with Crippen LogP contribution in [0.4, 0.5) is 5.69 Å². The number of nitrogens with two attached hydrogens (primary N) is 1. The van der Waals surface area contributed by atoms with Crippen LogP contribution in [0, 0.1) is 17.8 Å². The minimum absolute atomic E-state index is 0.0205. The number of carbonyl (C=O) groups excluding carboxylic acids is 4. The number of anilines is 1. The van der Waals surface area contributed by atoms with E-state index < -0.39 is 12.0 Å². The third-order valence-corrected chi connectivity index (χ3v) is 7.84. The Labute approximate surface area is 270 Å². The molecule has 0 aliphatic heterocycles. The van der Waals surface area contributed by atoms with Crippen LogP contribution in [0.1, 0.15) is 103 Å². The van der Waals surface area contributed by atoms with E-state index in [0.717, 1.165) is 36.8 Å². The molecule has 45 heavy (non-hydrogen) atoms. The maximum atomic E-state index is 13.7. The minimum Gasteiger partial charge on any atom is -0.461 e. The second kappa shape index (κ2) is 21.3. The molecule has 2 atom stereocenters. The number of nitrogens with one attached hydrogen (secondary N) is 2. The minimum atomic E-state index is -0.710. The summed E-state index contributed by atoms with van der Waals surface area (Å²) in [5.74, 6) is -0.871. The highest BCUT2D eigenvalue weighted by molar-refractivity contribution is 5.97. The van der Waals surface area contributed by atoms with Crippen molar-refractivity contribution in [3.63, 3.8) is 0 Å². The van der Waals surface area contributed by atoms with Gasteiger partial charge in [0.15, 0.2) is 5.78 Å². The maximum Gasteiger partial charge on any atom is 0.308 e. The number of hydrogen-bond donors (Lipinski definition) is 3. The normalized spacial score (nSPS) is 12.5. The summed E-state index contributed by atoms with van der Waals surface area (Å²) in [6.45, 7) is 8.67. The number of rotatable bonds is 22. The van der Waals surface area contributed by atoms with Crippen molar-refractivity contribution in [2.24, 2.45) is 23.5 Å². The average molecular weight is 622 g/mol. The number of carbonyl (C=O) groups is 4. The summed E-state index contributed by atoms with van der Waals surface area (Å²) in [6.07, 6.45) is 8.01. The molecule has 0 aliphatic rings. The van der Waals surface area contributed by atoms with Gasteiger partial charge in [0.1, 0.15) is 6.61 Å². The van der Waals surface area contributed by atoms with Gasteiger partial charge in [0.2, 0.25) is 11.8 Å². The van der Waals surface area contributed by atoms with Gasteiger partial charge in [-0.15, -0.1) is 0 Å². The van der Waals surface area contributed by atoms with Gasteiger partial charge < -0.3 is 21.1 Å². The number of amides is 2. The monoisotopic (exact) mass is 621 g/mol. The second-order valence-corrected chi connectivity index (χ2v) is 12.8. The van der Waals surface area contributed by atoms with Crippen molar-refractivity contribution in [2.75, 3.05) is 11.9 Å². The van der Waals surface area contributed by atoms with Gasteiger partial charge in [-0.25, -0.2) is 0 Å². The highest BCUT2D eigenvalue weighted by atomic mass is 16.5. The van der Waals surface area contributed by atoms with E-state index in [0.29, 0.717) is 43.8 Å². The lowest BCUT2D eigenvalue weighted by Gasteiger charge is -2.22. The molecule has 8 heteroatoms. The zero-order valence-electron chi connectivity index (χ0n) is 27.8. The number of benzene rings is 2. The quantitative estimate of drug-likeness (QED) is 0.0986. The molecular weight excluding hydrogens is 566 g/mol. The molecule has 2 aromatic rings. The predicted molar refractivity (Wildman–Crippen MR) is 180 cm³/mol. The number of ketones is 1. The average Bonchev–Trinajstić information content (AvgIpc) is 3.01. The Balaban J connectivity index is 2.05. The molecule has 0 unspecified atom stereocenters. The molecule has 248 valence electrons. The Morgan fingerprint density at radius 2 is 1.44 bits per heavy atom. The first kappa shape index (κ1) is 37.7. The Bertz CT molecular complexity index is 1160. The molecule has 2 rings (SSSR count). The standard InChI is InChI=1S/C37H55N3O5/c1-27(2)14-8-5-6-11-18-35(42)40-33(24-29-15-9-7-10-16-29)34(41)25-31(17-12-13-23-38)36(43)39-32-21-19-30(20-22-32)26-45-37(44)28(3)4/h7,9-10,15-16,19-22,27-28,31,33H,5-6,8,11-14,17-18,23-26,38H2,1-4H3,(H,39,43)(H,40,42)/t31-,33+/m1/s1. The van der Waals surface area contributed by atoms with Crippen LogP contribution in [0.5, 0.6) is 0 Å². The summed E-state index contributed by atoms with van der Waals surface area (Å²) in [5.41, 5.74) is 8.07. The summed E-state index contributed by atoms with van der Waals surface area (Å²) < 4.78 is 5.28. The predicted octanol–water partition coefficient (Wildman–Crippen LogP) is 6.75. The molecule has 4 N–H and O–H groups in total. The molecule has 0 saturated carbocycles. The summed E-state index contributed by atoms with van der Waals surface area (Å²) in [7, 11) is 0. The Morgan fingerprint density at radius 1 is 0.778 bits per heavy atom. The van der Waals surface area contributed by atoms with Crippen LogP contribution in [0.15, 0.2) is 54.6 Å². The fraction of sp³-hybridized carbons (Fsp3) is 0.568. The van der Waals surface area contributed by atoms with Crippen LogP contribution in [-0.4, -0.2) is 36.2 Å². The Kier molecular flexibility index (Phi) is 17.8. The van der Waals surface area contributed by atoms with Gasteiger partial charge >= 0.3 is 5.97 Å². The smallest absolute Gasteiger partial charge is 0.308 e. The Morgan fingerprint density at radius 3 is 2.09 bits per heavy atom. The molecule has 0 saturated heterocycles. The van der Waals surface area contributed by atoms with Crippen LogP contribution in [-0.2, 0) is 36.9 Å². The number of hydrogen-bond acceptors (Lipinski definition) is 6. The molecule has 0 spiro atoms. The van der Waals surface area contributed by atoms with E-state index in [-0.39, 0.29) is 42.5 Å². The third-order valence-electron chi connectivity index (χ3n) is 7.84. The summed E-state index contributed by atoms with van der Waals surface area (Å²) in [6, 6.07) is 16.0. The number of ether oxygens (including phenoxy) is 1. The van der Waals surface area contributed by atoms with E-state index >= 15 is 0 Å². The summed E-state index contributed by atoms with van der Waals surface area (Å²) in [4.78, 5) is 51.9. The molecule has 0 radical (unpaired) electrons. The van der Waals surface area contributed by atoms with Crippen LogP contribution in [0.3, 0.4) is 0 Å². The molecule has 2 aromatic carbocycles. The Hall–Kier alpha value is -3.52. The van der Waals surface area contributed by atoms with Crippen molar-refractivity contribution >= 4 is 29.3 Å². The number of unbranched alkanes of at least 4 members (excludes halogenated alkanes) is 4. The van der Waals surface area contributed by atoms with Gasteiger partial charge in [-0.05, 0) is 61.4 Å². The largest absolute Gasteiger partial charge is 0.461 e. The highest BCUT2D eigenvalue weighted by Gasteiger charge is 2.28. The second-order valence-electron chi connectivity index (χ2n) is 12.8. The number of esters is 1. The summed E-state index contributed by atoms with van der Waals surface area (Å²) >= 11 is 0. The number of Topliss-reactive ketones (excluding diaryl/α,β-unsaturated/α-hetero) is 1. The first-order valence-corrected chi connectivity index (χ1v) is 16.7. The third kappa shape index (κ3) is 15.9. The summed E-state index contributed by atoms with van der Waals surface area (Å²) in [5, 5.41) is 5.94. The van der Waals surface area contributed by atoms with E-state index in [1.54, 1.807) is 38.1 Å². The van der Waals surface area contributed by atoms with Crippen molar-refractivity contribution < 1.29 is 23.9 Å². The van der Waals surface area contributed by atoms with Gasteiger partial charge in [-0.3, -0.25) is 19.2 Å². The molecule has 2 amide bonds. The first-order valence-electron chi connectivity index (χ1n) is 16.7. The lowest BCUT2D eigenvalue weighted by molar-refractivity contribution is -0.148. The van der Waals surface area contributed by atoms with E-state index in [9.17, 15) is 19.2 Å². The van der Waals surface area contributed by atoms with Crippen molar-refractivity contribution in [1.82, 2.24) is 5.32 Å². The van der Waals surface area contributed by atoms with E-state index in [4.69, 9.17) is 10.5 Å². The van der Waals surface area contributed by atoms with Gasteiger partial charge in [0.05, 0.1) is 12.0 Å². The van der Waals surface area contributed by atoms with Crippen LogP contribution < -0.4 is 16.4 Å². The van der Waals surface area contributed by atoms with E-state index in [1.165, 1.54) is 12.8 Å². The van der Waals surface area contributed by atoms with Gasteiger partial charge in [-0.1, -0.05) is 102 Å². The fourth-order valence-corrected chi connectivity index (χ4v) is 5.05. The van der Waals surface area contributed by atoms with Crippen molar-refractivity contribution in [3.8, 4) is 0 Å². The topological polar surface area (TPSA) is 128 Å². The van der Waals surface area contributed by atoms with Gasteiger partial charge in [0, 0.05) is 24.4 Å². The molecule has 8 nitrogen and oxygen atoms in total. The zero-order valence-corrected chi connectivity index (χ0v) is 27.8. The first-order chi connectivity index (χ1) is 21.6. The molecule has 0 bridgehead atoms. The molecular formula is C37H55N3O5. The lowest BCUT2D eigenvalue weighted by atomic mass is 9.90. The van der Waals surface area contributed by atoms with E-state index in [1.807, 2.05) is 30.3 Å². The maximum absolute atomic E-state index is 13.7. The van der Waals surface area contributed by atoms with Crippen molar-refractivity contribution in [3.05, 3.63) is 65.7 Å².